The number of carbonyl (C=O) groups is 1. The van der Waals surface area contributed by atoms with E-state index in [1.165, 1.54) is 12.8 Å². The summed E-state index contributed by atoms with van der Waals surface area (Å²) in [5.74, 6) is 1.79. The van der Waals surface area contributed by atoms with Crippen LogP contribution in [0, 0.1) is 31.6 Å². The van der Waals surface area contributed by atoms with Crippen LogP contribution in [0.5, 0.6) is 0 Å². The van der Waals surface area contributed by atoms with Crippen LogP contribution in [0.2, 0.25) is 0 Å². The smallest absolute Gasteiger partial charge is 0.195 e. The Hall–Kier alpha value is -2.33. The summed E-state index contributed by atoms with van der Waals surface area (Å²) in [4.78, 5) is 13.2. The highest BCUT2D eigenvalue weighted by atomic mass is 16.3. The van der Waals surface area contributed by atoms with Crippen molar-refractivity contribution in [2.45, 2.75) is 57.6 Å². The molecule has 4 saturated carbocycles. The van der Waals surface area contributed by atoms with Gasteiger partial charge < -0.3 is 15.0 Å². The van der Waals surface area contributed by atoms with Gasteiger partial charge in [-0.15, -0.1) is 0 Å². The van der Waals surface area contributed by atoms with Crippen LogP contribution in [0.1, 0.15) is 65.0 Å². The molecular weight excluding hydrogens is 372 g/mol. The van der Waals surface area contributed by atoms with Crippen LogP contribution >= 0.6 is 0 Å². The SMILES string of the molecule is C=C(N[C@H]1C2CC3CC1C[C@](O)(C3)C2)c1c(C)c(C(=O)c2ccccc2)c(C)n1C. The maximum Gasteiger partial charge on any atom is 0.195 e. The van der Waals surface area contributed by atoms with E-state index in [0.717, 1.165) is 47.5 Å². The summed E-state index contributed by atoms with van der Waals surface area (Å²) in [6, 6.07) is 9.86. The highest BCUT2D eigenvalue weighted by Gasteiger charge is 2.54. The lowest BCUT2D eigenvalue weighted by atomic mass is 9.52. The second-order valence-corrected chi connectivity index (χ2v) is 10.0. The third kappa shape index (κ3) is 2.96. The number of ketones is 1. The molecule has 4 aliphatic rings. The molecule has 158 valence electrons. The summed E-state index contributed by atoms with van der Waals surface area (Å²) >= 11 is 0. The summed E-state index contributed by atoms with van der Waals surface area (Å²) in [5.41, 5.74) is 4.94. The quantitative estimate of drug-likeness (QED) is 0.728. The number of hydrogen-bond acceptors (Lipinski definition) is 3. The predicted octanol–water partition coefficient (Wildman–Crippen LogP) is 4.37. The molecule has 1 aromatic heterocycles. The van der Waals surface area contributed by atoms with Gasteiger partial charge in [-0.1, -0.05) is 36.9 Å². The maximum atomic E-state index is 13.2. The third-order valence-electron chi connectivity index (χ3n) is 8.06. The van der Waals surface area contributed by atoms with E-state index in [2.05, 4.69) is 16.5 Å². The fraction of sp³-hybridized carbons (Fsp3) is 0.500. The van der Waals surface area contributed by atoms with Gasteiger partial charge in [-0.3, -0.25) is 4.79 Å². The van der Waals surface area contributed by atoms with Crippen LogP contribution in [0.3, 0.4) is 0 Å². The first-order valence-corrected chi connectivity index (χ1v) is 11.2. The maximum absolute atomic E-state index is 13.2. The topological polar surface area (TPSA) is 54.3 Å². The molecule has 4 heteroatoms. The van der Waals surface area contributed by atoms with Gasteiger partial charge in [0.15, 0.2) is 5.78 Å². The van der Waals surface area contributed by atoms with Crippen molar-refractivity contribution in [3.8, 4) is 0 Å². The van der Waals surface area contributed by atoms with Crippen LogP contribution < -0.4 is 5.32 Å². The van der Waals surface area contributed by atoms with E-state index in [1.54, 1.807) is 0 Å². The number of benzene rings is 1. The predicted molar refractivity (Wildman–Crippen MR) is 119 cm³/mol. The van der Waals surface area contributed by atoms with Gasteiger partial charge in [0, 0.05) is 29.9 Å². The summed E-state index contributed by atoms with van der Waals surface area (Å²) in [7, 11) is 2.02. The Labute approximate surface area is 179 Å². The van der Waals surface area contributed by atoms with Crippen LogP contribution in [0.4, 0.5) is 0 Å². The molecule has 2 N–H and O–H groups in total. The van der Waals surface area contributed by atoms with Crippen molar-refractivity contribution >= 4 is 11.5 Å². The second-order valence-electron chi connectivity index (χ2n) is 10.0. The fourth-order valence-corrected chi connectivity index (χ4v) is 6.96. The average Bonchev–Trinajstić information content (AvgIpc) is 2.92. The van der Waals surface area contributed by atoms with Crippen LogP contribution in [0.25, 0.3) is 5.70 Å². The Kier molecular flexibility index (Phi) is 4.48. The van der Waals surface area contributed by atoms with E-state index in [4.69, 9.17) is 0 Å². The molecule has 0 amide bonds. The monoisotopic (exact) mass is 404 g/mol. The molecule has 0 spiro atoms. The second kappa shape index (κ2) is 6.84. The van der Waals surface area contributed by atoms with Crippen molar-refractivity contribution in [1.82, 2.24) is 9.88 Å². The van der Waals surface area contributed by atoms with Gasteiger partial charge in [-0.05, 0) is 69.3 Å². The normalized spacial score (nSPS) is 31.7. The van der Waals surface area contributed by atoms with E-state index in [1.807, 2.05) is 51.2 Å². The number of aromatic nitrogens is 1. The number of hydrogen-bond donors (Lipinski definition) is 2. The van der Waals surface area contributed by atoms with Gasteiger partial charge in [0.2, 0.25) is 0 Å². The van der Waals surface area contributed by atoms with E-state index in [0.29, 0.717) is 29.4 Å². The lowest BCUT2D eigenvalue weighted by molar-refractivity contribution is -0.136. The minimum atomic E-state index is -0.428. The van der Waals surface area contributed by atoms with E-state index < -0.39 is 5.60 Å². The Morgan fingerprint density at radius 2 is 1.77 bits per heavy atom. The first-order valence-electron chi connectivity index (χ1n) is 11.2. The number of rotatable bonds is 5. The molecule has 0 saturated heterocycles. The Morgan fingerprint density at radius 1 is 1.13 bits per heavy atom. The van der Waals surface area contributed by atoms with Gasteiger partial charge in [-0.2, -0.15) is 0 Å². The molecule has 1 aromatic carbocycles. The van der Waals surface area contributed by atoms with Gasteiger partial charge in [0.1, 0.15) is 0 Å². The molecule has 4 nitrogen and oxygen atoms in total. The van der Waals surface area contributed by atoms with Crippen molar-refractivity contribution in [1.29, 1.82) is 0 Å². The van der Waals surface area contributed by atoms with Crippen molar-refractivity contribution in [3.05, 3.63) is 65.0 Å². The van der Waals surface area contributed by atoms with Gasteiger partial charge in [0.25, 0.3) is 0 Å². The average molecular weight is 405 g/mol. The largest absolute Gasteiger partial charge is 0.390 e. The van der Waals surface area contributed by atoms with E-state index in [-0.39, 0.29) is 5.78 Å². The summed E-state index contributed by atoms with van der Waals surface area (Å²) < 4.78 is 2.10. The molecule has 4 fully saturated rings. The molecule has 0 aliphatic heterocycles. The van der Waals surface area contributed by atoms with Gasteiger partial charge in [-0.25, -0.2) is 0 Å². The van der Waals surface area contributed by atoms with E-state index >= 15 is 0 Å². The Bertz CT molecular complexity index is 1000. The molecular formula is C26H32N2O2. The highest BCUT2D eigenvalue weighted by molar-refractivity contribution is 6.11. The summed E-state index contributed by atoms with van der Waals surface area (Å²) in [6.07, 6.45) is 5.25. The third-order valence-corrected chi connectivity index (χ3v) is 8.06. The lowest BCUT2D eigenvalue weighted by Crippen LogP contribution is -2.60. The molecule has 0 radical (unpaired) electrons. The summed E-state index contributed by atoms with van der Waals surface area (Å²) in [6.45, 7) is 8.44. The van der Waals surface area contributed by atoms with Crippen LogP contribution in [0.15, 0.2) is 36.9 Å². The zero-order chi connectivity index (χ0) is 21.2. The zero-order valence-electron chi connectivity index (χ0n) is 18.2. The van der Waals surface area contributed by atoms with E-state index in [9.17, 15) is 9.90 Å². The van der Waals surface area contributed by atoms with Gasteiger partial charge >= 0.3 is 0 Å². The lowest BCUT2D eigenvalue weighted by Gasteiger charge is -2.58. The molecule has 2 atom stereocenters. The molecule has 4 bridgehead atoms. The zero-order valence-corrected chi connectivity index (χ0v) is 18.2. The molecule has 2 unspecified atom stereocenters. The molecule has 30 heavy (non-hydrogen) atoms. The number of nitrogens with zero attached hydrogens (tertiary/aromatic N) is 1. The minimum absolute atomic E-state index is 0.0668. The molecule has 4 aliphatic carbocycles. The first kappa shape index (κ1) is 19.6. The molecule has 2 aromatic rings. The Balaban J connectivity index is 1.42. The van der Waals surface area contributed by atoms with Crippen molar-refractivity contribution in [2.24, 2.45) is 24.8 Å². The Morgan fingerprint density at radius 3 is 2.37 bits per heavy atom. The summed E-state index contributed by atoms with van der Waals surface area (Å²) in [5, 5.41) is 14.6. The molecule has 1 heterocycles. The van der Waals surface area contributed by atoms with Crippen molar-refractivity contribution in [2.75, 3.05) is 0 Å². The van der Waals surface area contributed by atoms with Crippen LogP contribution in [-0.2, 0) is 7.05 Å². The fourth-order valence-electron chi connectivity index (χ4n) is 6.96. The molecule has 6 rings (SSSR count). The number of carbonyl (C=O) groups excluding carboxylic acids is 1. The number of aliphatic hydroxyl groups is 1. The minimum Gasteiger partial charge on any atom is -0.390 e. The first-order chi connectivity index (χ1) is 14.3. The number of nitrogens with one attached hydrogen (secondary N) is 1. The van der Waals surface area contributed by atoms with Crippen molar-refractivity contribution in [3.63, 3.8) is 0 Å². The standard InChI is InChI=1S/C26H32N2O2/c1-15-22(25(29)19-8-6-5-7-9-19)17(3)28(4)24(15)16(2)27-23-20-10-18-11-21(23)14-26(30,12-18)13-20/h5-9,18,20-21,23,27,30H,2,10-14H2,1,3-4H3/t18?,20?,21?,23-,26-. The van der Waals surface area contributed by atoms with Crippen LogP contribution in [-0.4, -0.2) is 27.1 Å². The van der Waals surface area contributed by atoms with Crippen molar-refractivity contribution < 1.29 is 9.90 Å². The van der Waals surface area contributed by atoms with Gasteiger partial charge in [0.05, 0.1) is 17.0 Å². The highest BCUT2D eigenvalue weighted by Crippen LogP contribution is 2.56.